The summed E-state index contributed by atoms with van der Waals surface area (Å²) in [4.78, 5) is 12.1. The highest BCUT2D eigenvalue weighted by molar-refractivity contribution is 7.25. The van der Waals surface area contributed by atoms with Crippen molar-refractivity contribution in [3.05, 3.63) is 53.7 Å². The third kappa shape index (κ3) is 1.84. The lowest BCUT2D eigenvalue weighted by Crippen LogP contribution is -2.56. The van der Waals surface area contributed by atoms with Crippen molar-refractivity contribution in [2.24, 2.45) is 0 Å². The molecule has 0 radical (unpaired) electrons. The number of carbonyl (C=O) groups excluding carboxylic acids is 1. The number of benzene rings is 2. The van der Waals surface area contributed by atoms with Gasteiger partial charge in [-0.1, -0.05) is 24.3 Å². The molecule has 0 saturated carbocycles. The van der Waals surface area contributed by atoms with E-state index in [2.05, 4.69) is 42.5 Å². The summed E-state index contributed by atoms with van der Waals surface area (Å²) in [6.07, 6.45) is 1.97. The second-order valence-corrected chi connectivity index (χ2v) is 6.51. The topological polar surface area (TPSA) is 23.6 Å². The average molecular weight is 308 g/mol. The van der Waals surface area contributed by atoms with Crippen molar-refractivity contribution < 1.29 is 4.79 Å². The molecule has 4 rings (SSSR count). The molecule has 0 spiro atoms. The van der Waals surface area contributed by atoms with Crippen LogP contribution < -0.4 is 0 Å². The number of fused-ring (bicyclic) bond motifs is 3. The van der Waals surface area contributed by atoms with Crippen LogP contribution in [0.1, 0.15) is 12.5 Å². The summed E-state index contributed by atoms with van der Waals surface area (Å²) in [5.74, 6) is 0.0975. The SMILES string of the molecule is CCN1C(=O)/C(=C\c2ccc3sc4ccccc4c3c2)N1C. The molecule has 4 heteroatoms. The first-order valence-electron chi connectivity index (χ1n) is 7.37. The van der Waals surface area contributed by atoms with Crippen LogP contribution in [-0.4, -0.2) is 29.5 Å². The number of carbonyl (C=O) groups is 1. The fourth-order valence-electron chi connectivity index (χ4n) is 2.99. The molecule has 0 atom stereocenters. The van der Waals surface area contributed by atoms with Gasteiger partial charge in [-0.15, -0.1) is 11.3 Å². The van der Waals surface area contributed by atoms with E-state index >= 15 is 0 Å². The molecule has 1 aromatic heterocycles. The number of nitrogens with zero attached hydrogens (tertiary/aromatic N) is 2. The molecule has 0 bridgehead atoms. The van der Waals surface area contributed by atoms with E-state index in [0.717, 1.165) is 11.3 Å². The number of thiophene rings is 1. The summed E-state index contributed by atoms with van der Waals surface area (Å²) >= 11 is 1.81. The van der Waals surface area contributed by atoms with Crippen LogP contribution in [0.25, 0.3) is 26.2 Å². The second kappa shape index (κ2) is 4.85. The Morgan fingerprint density at radius 2 is 1.86 bits per heavy atom. The smallest absolute Gasteiger partial charge is 0.280 e. The minimum Gasteiger partial charge on any atom is -0.280 e. The van der Waals surface area contributed by atoms with Crippen LogP contribution in [0.4, 0.5) is 0 Å². The molecule has 110 valence electrons. The highest BCUT2D eigenvalue weighted by Crippen LogP contribution is 2.35. The van der Waals surface area contributed by atoms with E-state index in [0.29, 0.717) is 6.54 Å². The maximum absolute atomic E-state index is 12.1. The van der Waals surface area contributed by atoms with Gasteiger partial charge in [-0.3, -0.25) is 9.80 Å². The van der Waals surface area contributed by atoms with Crippen molar-refractivity contribution in [3.63, 3.8) is 0 Å². The molecule has 22 heavy (non-hydrogen) atoms. The van der Waals surface area contributed by atoms with Crippen LogP contribution in [0, 0.1) is 0 Å². The molecule has 1 amide bonds. The third-order valence-corrected chi connectivity index (χ3v) is 5.32. The summed E-state index contributed by atoms with van der Waals surface area (Å²) in [7, 11) is 1.93. The first-order chi connectivity index (χ1) is 10.7. The van der Waals surface area contributed by atoms with Crippen LogP contribution in [0.15, 0.2) is 48.2 Å². The quantitative estimate of drug-likeness (QED) is 0.665. The summed E-state index contributed by atoms with van der Waals surface area (Å²) in [6, 6.07) is 14.9. The van der Waals surface area contributed by atoms with E-state index in [9.17, 15) is 4.79 Å². The highest BCUT2D eigenvalue weighted by atomic mass is 32.1. The molecule has 0 unspecified atom stereocenters. The molecule has 3 aromatic rings. The summed E-state index contributed by atoms with van der Waals surface area (Å²) in [5.41, 5.74) is 1.82. The van der Waals surface area contributed by atoms with E-state index in [1.54, 1.807) is 5.01 Å². The summed E-state index contributed by atoms with van der Waals surface area (Å²) < 4.78 is 2.59. The molecule has 1 fully saturated rings. The molecule has 0 N–H and O–H groups in total. The number of likely N-dealkylation sites (N-methyl/N-ethyl adjacent to an activating group) is 2. The van der Waals surface area contributed by atoms with Gasteiger partial charge in [-0.05, 0) is 36.8 Å². The number of hydrazine groups is 1. The summed E-state index contributed by atoms with van der Waals surface area (Å²) in [5, 5.41) is 6.19. The first-order valence-corrected chi connectivity index (χ1v) is 8.19. The molecule has 2 aromatic carbocycles. The van der Waals surface area contributed by atoms with Crippen molar-refractivity contribution in [1.29, 1.82) is 0 Å². The van der Waals surface area contributed by atoms with Crippen LogP contribution in [0.5, 0.6) is 0 Å². The normalized spacial score (nSPS) is 16.8. The van der Waals surface area contributed by atoms with Crippen molar-refractivity contribution in [3.8, 4) is 0 Å². The maximum atomic E-state index is 12.1. The zero-order valence-corrected chi connectivity index (χ0v) is 13.4. The Morgan fingerprint density at radius 1 is 1.09 bits per heavy atom. The van der Waals surface area contributed by atoms with Gasteiger partial charge in [0.1, 0.15) is 5.70 Å². The third-order valence-electron chi connectivity index (χ3n) is 4.17. The van der Waals surface area contributed by atoms with Crippen LogP contribution in [0.2, 0.25) is 0 Å². The van der Waals surface area contributed by atoms with Gasteiger partial charge >= 0.3 is 0 Å². The lowest BCUT2D eigenvalue weighted by atomic mass is 10.1. The van der Waals surface area contributed by atoms with E-state index < -0.39 is 0 Å². The second-order valence-electron chi connectivity index (χ2n) is 5.43. The van der Waals surface area contributed by atoms with Crippen LogP contribution >= 0.6 is 11.3 Å². The van der Waals surface area contributed by atoms with Gasteiger partial charge in [0.2, 0.25) is 0 Å². The highest BCUT2D eigenvalue weighted by Gasteiger charge is 2.35. The van der Waals surface area contributed by atoms with Gasteiger partial charge in [0.05, 0.1) is 0 Å². The number of hydrogen-bond acceptors (Lipinski definition) is 3. The zero-order valence-electron chi connectivity index (χ0n) is 12.5. The molecular weight excluding hydrogens is 292 g/mol. The van der Waals surface area contributed by atoms with Crippen molar-refractivity contribution in [2.45, 2.75) is 6.92 Å². The Balaban J connectivity index is 1.80. The van der Waals surface area contributed by atoms with E-state index in [-0.39, 0.29) is 5.91 Å². The number of amides is 1. The van der Waals surface area contributed by atoms with Gasteiger partial charge in [-0.2, -0.15) is 0 Å². The number of rotatable bonds is 2. The lowest BCUT2D eigenvalue weighted by molar-refractivity contribution is -0.158. The average Bonchev–Trinajstić information content (AvgIpc) is 2.91. The Morgan fingerprint density at radius 3 is 2.64 bits per heavy atom. The largest absolute Gasteiger partial charge is 0.290 e. The standard InChI is InChI=1S/C18H16N2OS/c1-3-20-18(21)15(19(20)2)11-12-8-9-17-14(10-12)13-6-4-5-7-16(13)22-17/h4-11H,3H2,1-2H3/b15-11+. The van der Waals surface area contributed by atoms with Crippen molar-refractivity contribution in [2.75, 3.05) is 13.6 Å². The fraction of sp³-hybridized carbons (Fsp3) is 0.167. The predicted octanol–water partition coefficient (Wildman–Crippen LogP) is 4.10. The predicted molar refractivity (Wildman–Crippen MR) is 92.5 cm³/mol. The van der Waals surface area contributed by atoms with Gasteiger partial charge < -0.3 is 0 Å². The van der Waals surface area contributed by atoms with E-state index in [1.807, 2.05) is 36.4 Å². The monoisotopic (exact) mass is 308 g/mol. The van der Waals surface area contributed by atoms with Crippen LogP contribution in [-0.2, 0) is 4.79 Å². The molecule has 1 aliphatic rings. The minimum atomic E-state index is 0.0975. The van der Waals surface area contributed by atoms with Crippen molar-refractivity contribution in [1.82, 2.24) is 10.0 Å². The zero-order chi connectivity index (χ0) is 15.3. The molecule has 3 nitrogen and oxygen atoms in total. The van der Waals surface area contributed by atoms with Crippen molar-refractivity contribution >= 4 is 43.5 Å². The maximum Gasteiger partial charge on any atom is 0.290 e. The van der Waals surface area contributed by atoms with Gasteiger partial charge in [-0.25, -0.2) is 5.01 Å². The Bertz CT molecular complexity index is 925. The molecule has 0 aliphatic carbocycles. The molecular formula is C18H16N2OS. The Labute approximate surface area is 133 Å². The fourth-order valence-corrected chi connectivity index (χ4v) is 4.08. The van der Waals surface area contributed by atoms with Gasteiger partial charge in [0, 0.05) is 33.8 Å². The Kier molecular flexibility index (Phi) is 2.94. The summed E-state index contributed by atoms with van der Waals surface area (Å²) in [6.45, 7) is 2.69. The van der Waals surface area contributed by atoms with E-state index in [1.165, 1.54) is 20.2 Å². The Hall–Kier alpha value is -2.33. The van der Waals surface area contributed by atoms with Gasteiger partial charge in [0.25, 0.3) is 5.91 Å². The lowest BCUT2D eigenvalue weighted by Gasteiger charge is -2.43. The molecule has 1 saturated heterocycles. The first kappa shape index (κ1) is 13.3. The van der Waals surface area contributed by atoms with E-state index in [4.69, 9.17) is 0 Å². The van der Waals surface area contributed by atoms with Gasteiger partial charge in [0.15, 0.2) is 0 Å². The molecule has 1 aliphatic heterocycles. The minimum absolute atomic E-state index is 0.0975. The molecule has 2 heterocycles. The van der Waals surface area contributed by atoms with Crippen LogP contribution in [0.3, 0.4) is 0 Å². The number of hydrogen-bond donors (Lipinski definition) is 0.